The number of rotatable bonds is 5. The number of H-pyrrole nitrogens is 1. The fourth-order valence-corrected chi connectivity index (χ4v) is 2.13. The van der Waals surface area contributed by atoms with Gasteiger partial charge in [-0.1, -0.05) is 13.0 Å². The van der Waals surface area contributed by atoms with Crippen molar-refractivity contribution in [3.05, 3.63) is 45.7 Å². The number of pyridine rings is 1. The van der Waals surface area contributed by atoms with Crippen LogP contribution in [0.3, 0.4) is 0 Å². The summed E-state index contributed by atoms with van der Waals surface area (Å²) in [7, 11) is 0. The number of aryl methyl sites for hydroxylation is 2. The molecular formula is C16H20N2O2. The maximum atomic E-state index is 11.6. The molecule has 4 heteroatoms. The second-order valence-electron chi connectivity index (χ2n) is 5.05. The lowest BCUT2D eigenvalue weighted by atomic mass is 10.1. The van der Waals surface area contributed by atoms with Crippen molar-refractivity contribution in [3.63, 3.8) is 0 Å². The standard InChI is InChI=1S/C16H20N2O2/c1-3-8-17-15(19)7-5-12-4-6-14-13(10-12)9-11(2)16(20)18-14/h4,6,9-10H,3,5,7-8H2,1-2H3,(H,17,19)(H,18,20). The Morgan fingerprint density at radius 1 is 1.30 bits per heavy atom. The Labute approximate surface area is 118 Å². The third-order valence-corrected chi connectivity index (χ3v) is 3.31. The first-order chi connectivity index (χ1) is 9.60. The summed E-state index contributed by atoms with van der Waals surface area (Å²) in [6, 6.07) is 7.77. The van der Waals surface area contributed by atoms with Gasteiger partial charge in [0.25, 0.3) is 5.56 Å². The van der Waals surface area contributed by atoms with Gasteiger partial charge in [0.1, 0.15) is 0 Å². The van der Waals surface area contributed by atoms with E-state index in [1.54, 1.807) is 6.92 Å². The molecule has 0 saturated heterocycles. The van der Waals surface area contributed by atoms with E-state index in [0.29, 0.717) is 18.4 Å². The molecule has 4 nitrogen and oxygen atoms in total. The molecule has 0 unspecified atom stereocenters. The largest absolute Gasteiger partial charge is 0.356 e. The monoisotopic (exact) mass is 272 g/mol. The molecule has 2 N–H and O–H groups in total. The van der Waals surface area contributed by atoms with Gasteiger partial charge in [-0.3, -0.25) is 9.59 Å². The highest BCUT2D eigenvalue weighted by Gasteiger charge is 2.03. The molecular weight excluding hydrogens is 252 g/mol. The Balaban J connectivity index is 2.10. The van der Waals surface area contributed by atoms with Crippen LogP contribution in [0.25, 0.3) is 10.9 Å². The Kier molecular flexibility index (Phi) is 4.56. The number of nitrogens with one attached hydrogen (secondary N) is 2. The van der Waals surface area contributed by atoms with Crippen molar-refractivity contribution < 1.29 is 4.79 Å². The van der Waals surface area contributed by atoms with Crippen LogP contribution in [-0.4, -0.2) is 17.4 Å². The molecule has 0 fully saturated rings. The smallest absolute Gasteiger partial charge is 0.251 e. The number of carbonyl (C=O) groups is 1. The molecule has 1 amide bonds. The quantitative estimate of drug-likeness (QED) is 0.877. The summed E-state index contributed by atoms with van der Waals surface area (Å²) in [5.74, 6) is 0.0876. The van der Waals surface area contributed by atoms with Gasteiger partial charge in [-0.15, -0.1) is 0 Å². The Morgan fingerprint density at radius 3 is 2.85 bits per heavy atom. The first-order valence-electron chi connectivity index (χ1n) is 6.99. The molecule has 0 bridgehead atoms. The second kappa shape index (κ2) is 6.37. The van der Waals surface area contributed by atoms with E-state index in [-0.39, 0.29) is 11.5 Å². The van der Waals surface area contributed by atoms with E-state index in [1.807, 2.05) is 31.2 Å². The molecule has 106 valence electrons. The summed E-state index contributed by atoms with van der Waals surface area (Å²) in [6.45, 7) is 4.56. The molecule has 1 aromatic carbocycles. The minimum atomic E-state index is -0.0517. The summed E-state index contributed by atoms with van der Waals surface area (Å²) in [4.78, 5) is 25.9. The fourth-order valence-electron chi connectivity index (χ4n) is 2.13. The molecule has 0 atom stereocenters. The van der Waals surface area contributed by atoms with E-state index < -0.39 is 0 Å². The van der Waals surface area contributed by atoms with Crippen molar-refractivity contribution in [2.24, 2.45) is 0 Å². The molecule has 1 aromatic heterocycles. The topological polar surface area (TPSA) is 62.0 Å². The lowest BCUT2D eigenvalue weighted by Crippen LogP contribution is -2.24. The van der Waals surface area contributed by atoms with Crippen molar-refractivity contribution in [3.8, 4) is 0 Å². The summed E-state index contributed by atoms with van der Waals surface area (Å²) in [5.41, 5.74) is 2.59. The number of aromatic nitrogens is 1. The summed E-state index contributed by atoms with van der Waals surface area (Å²) >= 11 is 0. The van der Waals surface area contributed by atoms with E-state index in [2.05, 4.69) is 10.3 Å². The van der Waals surface area contributed by atoms with Crippen molar-refractivity contribution in [2.75, 3.05) is 6.54 Å². The highest BCUT2D eigenvalue weighted by Crippen LogP contribution is 2.14. The predicted octanol–water partition coefficient (Wildman–Crippen LogP) is 2.30. The summed E-state index contributed by atoms with van der Waals surface area (Å²) < 4.78 is 0. The van der Waals surface area contributed by atoms with Gasteiger partial charge in [0.15, 0.2) is 0 Å². The van der Waals surface area contributed by atoms with Gasteiger partial charge in [0, 0.05) is 24.0 Å². The summed E-state index contributed by atoms with van der Waals surface area (Å²) in [6.07, 6.45) is 2.16. The number of fused-ring (bicyclic) bond motifs is 1. The van der Waals surface area contributed by atoms with Crippen molar-refractivity contribution in [2.45, 2.75) is 33.1 Å². The van der Waals surface area contributed by atoms with Crippen LogP contribution in [0.5, 0.6) is 0 Å². The zero-order chi connectivity index (χ0) is 14.5. The summed E-state index contributed by atoms with van der Waals surface area (Å²) in [5, 5.41) is 3.88. The zero-order valence-corrected chi connectivity index (χ0v) is 12.0. The van der Waals surface area contributed by atoms with E-state index in [0.717, 1.165) is 29.4 Å². The maximum Gasteiger partial charge on any atom is 0.251 e. The van der Waals surface area contributed by atoms with E-state index >= 15 is 0 Å². The molecule has 2 aromatic rings. The van der Waals surface area contributed by atoms with Gasteiger partial charge in [0.2, 0.25) is 5.91 Å². The Hall–Kier alpha value is -2.10. The molecule has 0 radical (unpaired) electrons. The first-order valence-corrected chi connectivity index (χ1v) is 6.99. The molecule has 0 aliphatic heterocycles. The van der Waals surface area contributed by atoms with Gasteiger partial charge in [-0.25, -0.2) is 0 Å². The van der Waals surface area contributed by atoms with E-state index in [4.69, 9.17) is 0 Å². The van der Waals surface area contributed by atoms with Gasteiger partial charge in [-0.2, -0.15) is 0 Å². The van der Waals surface area contributed by atoms with Gasteiger partial charge in [-0.05, 0) is 48.9 Å². The highest BCUT2D eigenvalue weighted by molar-refractivity contribution is 5.80. The van der Waals surface area contributed by atoms with E-state index in [1.165, 1.54) is 0 Å². The first kappa shape index (κ1) is 14.3. The minimum Gasteiger partial charge on any atom is -0.356 e. The fraction of sp³-hybridized carbons (Fsp3) is 0.375. The number of carbonyl (C=O) groups excluding carboxylic acids is 1. The van der Waals surface area contributed by atoms with Gasteiger partial charge in [0.05, 0.1) is 0 Å². The maximum absolute atomic E-state index is 11.6. The molecule has 2 rings (SSSR count). The van der Waals surface area contributed by atoms with Crippen LogP contribution in [-0.2, 0) is 11.2 Å². The number of hydrogen-bond donors (Lipinski definition) is 2. The molecule has 0 saturated carbocycles. The van der Waals surface area contributed by atoms with Crippen molar-refractivity contribution >= 4 is 16.8 Å². The number of aromatic amines is 1. The molecule has 1 heterocycles. The van der Waals surface area contributed by atoms with Gasteiger partial charge >= 0.3 is 0 Å². The molecule has 0 spiro atoms. The molecule has 0 aliphatic carbocycles. The Bertz CT molecular complexity index is 674. The van der Waals surface area contributed by atoms with Crippen molar-refractivity contribution in [1.82, 2.24) is 10.3 Å². The lowest BCUT2D eigenvalue weighted by molar-refractivity contribution is -0.121. The molecule has 20 heavy (non-hydrogen) atoms. The highest BCUT2D eigenvalue weighted by atomic mass is 16.1. The van der Waals surface area contributed by atoms with Crippen LogP contribution >= 0.6 is 0 Å². The van der Waals surface area contributed by atoms with Crippen LogP contribution in [0.4, 0.5) is 0 Å². The van der Waals surface area contributed by atoms with Gasteiger partial charge < -0.3 is 10.3 Å². The number of benzene rings is 1. The van der Waals surface area contributed by atoms with Crippen LogP contribution in [0, 0.1) is 6.92 Å². The lowest BCUT2D eigenvalue weighted by Gasteiger charge is -2.05. The van der Waals surface area contributed by atoms with Crippen LogP contribution in [0.1, 0.15) is 30.9 Å². The number of hydrogen-bond acceptors (Lipinski definition) is 2. The average molecular weight is 272 g/mol. The zero-order valence-electron chi connectivity index (χ0n) is 12.0. The normalized spacial score (nSPS) is 10.7. The molecule has 0 aliphatic rings. The van der Waals surface area contributed by atoms with Crippen LogP contribution < -0.4 is 10.9 Å². The third kappa shape index (κ3) is 3.47. The SMILES string of the molecule is CCCNC(=O)CCc1ccc2[nH]c(=O)c(C)cc2c1. The minimum absolute atomic E-state index is 0.0517. The second-order valence-corrected chi connectivity index (χ2v) is 5.05. The van der Waals surface area contributed by atoms with Crippen LogP contribution in [0.2, 0.25) is 0 Å². The average Bonchev–Trinajstić information content (AvgIpc) is 2.44. The van der Waals surface area contributed by atoms with E-state index in [9.17, 15) is 9.59 Å². The Morgan fingerprint density at radius 2 is 2.10 bits per heavy atom. The number of amides is 1. The third-order valence-electron chi connectivity index (χ3n) is 3.31. The van der Waals surface area contributed by atoms with Crippen LogP contribution in [0.15, 0.2) is 29.1 Å². The predicted molar refractivity (Wildman–Crippen MR) is 80.9 cm³/mol. The van der Waals surface area contributed by atoms with Crippen molar-refractivity contribution in [1.29, 1.82) is 0 Å².